The Morgan fingerprint density at radius 3 is 2.63 bits per heavy atom. The number of sulfonamides is 1. The van der Waals surface area contributed by atoms with Crippen LogP contribution in [-0.4, -0.2) is 50.8 Å². The highest BCUT2D eigenvalue weighted by Crippen LogP contribution is 2.38. The number of hydrogen-bond donors (Lipinski definition) is 1. The second-order valence-corrected chi connectivity index (χ2v) is 8.00. The first-order valence-electron chi connectivity index (χ1n) is 6.87. The van der Waals surface area contributed by atoms with Crippen molar-refractivity contribution in [1.82, 2.24) is 4.31 Å². The van der Waals surface area contributed by atoms with Crippen molar-refractivity contribution in [3.05, 3.63) is 0 Å². The average molecular weight is 311 g/mol. The van der Waals surface area contributed by atoms with Crippen molar-refractivity contribution in [2.45, 2.75) is 25.3 Å². The van der Waals surface area contributed by atoms with Crippen LogP contribution < -0.4 is 5.73 Å². The summed E-state index contributed by atoms with van der Waals surface area (Å²) in [4.78, 5) is 0. The van der Waals surface area contributed by atoms with Gasteiger partial charge in [0.15, 0.2) is 0 Å². The molecule has 19 heavy (non-hydrogen) atoms. The molecule has 2 saturated heterocycles. The van der Waals surface area contributed by atoms with E-state index < -0.39 is 10.0 Å². The third kappa shape index (κ3) is 3.08. The topological polar surface area (TPSA) is 72.6 Å². The normalized spacial score (nSPS) is 39.2. The predicted molar refractivity (Wildman–Crippen MR) is 75.7 cm³/mol. The average Bonchev–Trinajstić information content (AvgIpc) is 2.97. The Morgan fingerprint density at radius 2 is 2.00 bits per heavy atom. The fourth-order valence-corrected chi connectivity index (χ4v) is 5.50. The second-order valence-electron chi connectivity index (χ2n) is 5.99. The first-order chi connectivity index (χ1) is 8.56. The van der Waals surface area contributed by atoms with E-state index in [0.29, 0.717) is 38.1 Å². The lowest BCUT2D eigenvalue weighted by atomic mass is 9.98. The van der Waals surface area contributed by atoms with E-state index in [9.17, 15) is 8.42 Å². The molecule has 4 atom stereocenters. The van der Waals surface area contributed by atoms with E-state index in [4.69, 9.17) is 10.5 Å². The van der Waals surface area contributed by atoms with Crippen molar-refractivity contribution in [2.75, 3.05) is 32.1 Å². The first kappa shape index (κ1) is 15.5. The second kappa shape index (κ2) is 5.85. The van der Waals surface area contributed by atoms with Gasteiger partial charge in [0.1, 0.15) is 0 Å². The minimum Gasteiger partial charge on any atom is -0.381 e. The maximum absolute atomic E-state index is 12.4. The summed E-state index contributed by atoms with van der Waals surface area (Å²) >= 11 is 0. The molecule has 5 nitrogen and oxygen atoms in total. The maximum Gasteiger partial charge on any atom is 0.214 e. The van der Waals surface area contributed by atoms with Crippen molar-refractivity contribution >= 4 is 22.4 Å². The van der Waals surface area contributed by atoms with Gasteiger partial charge >= 0.3 is 0 Å². The molecule has 0 bridgehead atoms. The summed E-state index contributed by atoms with van der Waals surface area (Å²) in [6.45, 7) is 2.63. The SMILES string of the molecule is Cl.NC1CCC2CN(S(=O)(=O)CC3CCOC3)CC12. The monoisotopic (exact) mass is 310 g/mol. The van der Waals surface area contributed by atoms with Crippen molar-refractivity contribution in [3.8, 4) is 0 Å². The van der Waals surface area contributed by atoms with Crippen LogP contribution in [0.4, 0.5) is 0 Å². The summed E-state index contributed by atoms with van der Waals surface area (Å²) in [7, 11) is -3.11. The summed E-state index contributed by atoms with van der Waals surface area (Å²) in [5, 5.41) is 0. The highest BCUT2D eigenvalue weighted by molar-refractivity contribution is 7.89. The highest BCUT2D eigenvalue weighted by atomic mass is 35.5. The van der Waals surface area contributed by atoms with E-state index in [0.717, 1.165) is 19.3 Å². The highest BCUT2D eigenvalue weighted by Gasteiger charge is 2.45. The smallest absolute Gasteiger partial charge is 0.214 e. The minimum absolute atomic E-state index is 0. The zero-order chi connectivity index (χ0) is 12.8. The molecule has 2 N–H and O–H groups in total. The van der Waals surface area contributed by atoms with Gasteiger partial charge < -0.3 is 10.5 Å². The molecular formula is C12H23ClN2O3S. The Balaban J connectivity index is 0.00000133. The standard InChI is InChI=1S/C12H22N2O3S.ClH/c13-12-2-1-10-5-14(6-11(10)12)18(15,16)8-9-3-4-17-7-9;/h9-12H,1-8,13H2;1H. The summed E-state index contributed by atoms with van der Waals surface area (Å²) in [5.74, 6) is 1.32. The van der Waals surface area contributed by atoms with Gasteiger partial charge in [-0.25, -0.2) is 12.7 Å². The fraction of sp³-hybridized carbons (Fsp3) is 1.00. The van der Waals surface area contributed by atoms with Gasteiger partial charge in [-0.1, -0.05) is 0 Å². The predicted octanol–water partition coefficient (Wildman–Crippen LogP) is 0.444. The summed E-state index contributed by atoms with van der Waals surface area (Å²) in [6.07, 6.45) is 3.02. The van der Waals surface area contributed by atoms with Crippen LogP contribution in [0.15, 0.2) is 0 Å². The first-order valence-corrected chi connectivity index (χ1v) is 8.48. The molecule has 3 aliphatic rings. The number of ether oxygens (including phenoxy) is 1. The number of rotatable bonds is 3. The van der Waals surface area contributed by atoms with Gasteiger partial charge in [-0.05, 0) is 37.0 Å². The molecule has 1 saturated carbocycles. The van der Waals surface area contributed by atoms with E-state index >= 15 is 0 Å². The Kier molecular flexibility index (Phi) is 4.78. The number of halogens is 1. The fourth-order valence-electron chi connectivity index (χ4n) is 3.61. The van der Waals surface area contributed by atoms with Crippen LogP contribution in [-0.2, 0) is 14.8 Å². The van der Waals surface area contributed by atoms with E-state index in [-0.39, 0.29) is 30.1 Å². The number of hydrogen-bond acceptors (Lipinski definition) is 4. The molecule has 2 aliphatic heterocycles. The van der Waals surface area contributed by atoms with Crippen LogP contribution in [0.25, 0.3) is 0 Å². The molecule has 2 heterocycles. The molecule has 0 spiro atoms. The van der Waals surface area contributed by atoms with E-state index in [1.165, 1.54) is 0 Å². The third-order valence-corrected chi connectivity index (χ3v) is 6.72. The Hall–Kier alpha value is 0.120. The lowest BCUT2D eigenvalue weighted by molar-refractivity contribution is 0.188. The summed E-state index contributed by atoms with van der Waals surface area (Å²) < 4.78 is 31.6. The van der Waals surface area contributed by atoms with Crippen LogP contribution in [0, 0.1) is 17.8 Å². The van der Waals surface area contributed by atoms with E-state index in [1.54, 1.807) is 4.31 Å². The van der Waals surface area contributed by atoms with Gasteiger partial charge in [0, 0.05) is 25.7 Å². The molecule has 3 rings (SSSR count). The van der Waals surface area contributed by atoms with Crippen LogP contribution in [0.1, 0.15) is 19.3 Å². The molecule has 0 aromatic carbocycles. The zero-order valence-corrected chi connectivity index (χ0v) is 12.7. The quantitative estimate of drug-likeness (QED) is 0.821. The molecule has 112 valence electrons. The van der Waals surface area contributed by atoms with Gasteiger partial charge in [0.2, 0.25) is 10.0 Å². The van der Waals surface area contributed by atoms with Crippen LogP contribution >= 0.6 is 12.4 Å². The maximum atomic E-state index is 12.4. The van der Waals surface area contributed by atoms with Crippen molar-refractivity contribution in [2.24, 2.45) is 23.5 Å². The lowest BCUT2D eigenvalue weighted by Crippen LogP contribution is -2.36. The van der Waals surface area contributed by atoms with Crippen LogP contribution in [0.3, 0.4) is 0 Å². The van der Waals surface area contributed by atoms with E-state index in [2.05, 4.69) is 0 Å². The zero-order valence-electron chi connectivity index (χ0n) is 11.0. The molecular weight excluding hydrogens is 288 g/mol. The third-order valence-electron chi connectivity index (χ3n) is 4.74. The van der Waals surface area contributed by atoms with Crippen LogP contribution in [0.5, 0.6) is 0 Å². The van der Waals surface area contributed by atoms with Crippen LogP contribution in [0.2, 0.25) is 0 Å². The molecule has 1 aliphatic carbocycles. The van der Waals surface area contributed by atoms with Gasteiger partial charge in [-0.15, -0.1) is 12.4 Å². The van der Waals surface area contributed by atoms with Gasteiger partial charge in [-0.2, -0.15) is 0 Å². The molecule has 3 fully saturated rings. The number of nitrogens with zero attached hydrogens (tertiary/aromatic N) is 1. The van der Waals surface area contributed by atoms with Crippen molar-refractivity contribution in [3.63, 3.8) is 0 Å². The molecule has 7 heteroatoms. The summed E-state index contributed by atoms with van der Waals surface area (Å²) in [5.41, 5.74) is 6.05. The largest absolute Gasteiger partial charge is 0.381 e. The van der Waals surface area contributed by atoms with Gasteiger partial charge in [0.25, 0.3) is 0 Å². The molecule has 0 amide bonds. The van der Waals surface area contributed by atoms with E-state index in [1.807, 2.05) is 0 Å². The van der Waals surface area contributed by atoms with Gasteiger partial charge in [-0.3, -0.25) is 0 Å². The minimum atomic E-state index is -3.11. The summed E-state index contributed by atoms with van der Waals surface area (Å²) in [6, 6.07) is 0.199. The molecule has 0 aromatic heterocycles. The lowest BCUT2D eigenvalue weighted by Gasteiger charge is -2.20. The number of fused-ring (bicyclic) bond motifs is 1. The molecule has 4 unspecified atom stereocenters. The Bertz CT molecular complexity index is 411. The number of nitrogens with two attached hydrogens (primary N) is 1. The molecule has 0 radical (unpaired) electrons. The Morgan fingerprint density at radius 1 is 1.21 bits per heavy atom. The Labute approximate surface area is 121 Å². The van der Waals surface area contributed by atoms with Crippen molar-refractivity contribution < 1.29 is 13.2 Å². The van der Waals surface area contributed by atoms with Crippen molar-refractivity contribution in [1.29, 1.82) is 0 Å². The van der Waals surface area contributed by atoms with Gasteiger partial charge in [0.05, 0.1) is 12.4 Å². The molecule has 0 aromatic rings.